The molecule has 0 atom stereocenters. The molecule has 0 saturated heterocycles. The number of benzene rings is 2. The van der Waals surface area contributed by atoms with E-state index in [0.717, 1.165) is 27.7 Å². The summed E-state index contributed by atoms with van der Waals surface area (Å²) < 4.78 is 0. The second-order valence-corrected chi connectivity index (χ2v) is 5.52. The highest BCUT2D eigenvalue weighted by Crippen LogP contribution is 2.25. The molecule has 106 valence electrons. The van der Waals surface area contributed by atoms with Crippen molar-refractivity contribution in [2.45, 2.75) is 13.8 Å². The Bertz CT molecular complexity index is 816. The van der Waals surface area contributed by atoms with Gasteiger partial charge in [0.1, 0.15) is 5.69 Å². The molecule has 0 radical (unpaired) electrons. The van der Waals surface area contributed by atoms with Crippen molar-refractivity contribution in [3.05, 3.63) is 64.3 Å². The van der Waals surface area contributed by atoms with Crippen LogP contribution in [-0.2, 0) is 0 Å². The molecule has 1 heterocycles. The molecule has 0 spiro atoms. The Hall–Kier alpha value is -2.26. The first kappa shape index (κ1) is 13.7. The van der Waals surface area contributed by atoms with Crippen molar-refractivity contribution in [3.63, 3.8) is 0 Å². The quantitative estimate of drug-likeness (QED) is 0.708. The topological polar surface area (TPSA) is 44.9 Å². The van der Waals surface area contributed by atoms with E-state index < -0.39 is 0 Å². The fourth-order valence-electron chi connectivity index (χ4n) is 2.43. The highest BCUT2D eigenvalue weighted by Gasteiger charge is 2.13. The number of anilines is 1. The number of aryl methyl sites for hydroxylation is 2. The lowest BCUT2D eigenvalue weighted by Gasteiger charge is -2.10. The van der Waals surface area contributed by atoms with Gasteiger partial charge >= 0.3 is 0 Å². The second kappa shape index (κ2) is 5.26. The molecule has 0 aliphatic rings. The van der Waals surface area contributed by atoms with Crippen LogP contribution >= 0.6 is 11.6 Å². The number of hydrogen-bond donors (Lipinski definition) is 2. The van der Waals surface area contributed by atoms with Crippen molar-refractivity contribution in [3.8, 4) is 0 Å². The average Bonchev–Trinajstić information content (AvgIpc) is 2.88. The summed E-state index contributed by atoms with van der Waals surface area (Å²) >= 11 is 6.12. The predicted octanol–water partition coefficient (Wildman–Crippen LogP) is 4.69. The molecule has 0 unspecified atom stereocenters. The Balaban J connectivity index is 1.96. The summed E-state index contributed by atoms with van der Waals surface area (Å²) in [5, 5.41) is 4.50. The number of halogens is 1. The summed E-state index contributed by atoms with van der Waals surface area (Å²) in [6.45, 7) is 3.95. The van der Waals surface area contributed by atoms with E-state index in [4.69, 9.17) is 11.6 Å². The van der Waals surface area contributed by atoms with E-state index in [1.807, 2.05) is 50.2 Å². The van der Waals surface area contributed by atoms with Crippen molar-refractivity contribution in [1.82, 2.24) is 4.98 Å². The molecule has 0 fully saturated rings. The van der Waals surface area contributed by atoms with Crippen LogP contribution in [0.1, 0.15) is 21.6 Å². The zero-order chi connectivity index (χ0) is 15.0. The Morgan fingerprint density at radius 2 is 1.76 bits per heavy atom. The smallest absolute Gasteiger partial charge is 0.272 e. The van der Waals surface area contributed by atoms with E-state index in [2.05, 4.69) is 10.3 Å². The fourth-order valence-corrected chi connectivity index (χ4v) is 2.66. The van der Waals surface area contributed by atoms with Gasteiger partial charge in [0.15, 0.2) is 0 Å². The summed E-state index contributed by atoms with van der Waals surface area (Å²) in [5.41, 5.74) is 4.22. The molecular weight excluding hydrogens is 284 g/mol. The molecule has 1 aromatic heterocycles. The molecule has 2 N–H and O–H groups in total. The maximum Gasteiger partial charge on any atom is 0.272 e. The molecule has 1 amide bonds. The summed E-state index contributed by atoms with van der Waals surface area (Å²) in [4.78, 5) is 15.5. The maximum absolute atomic E-state index is 12.4. The number of carbonyl (C=O) groups excluding carboxylic acids is 1. The zero-order valence-electron chi connectivity index (χ0n) is 11.8. The molecule has 21 heavy (non-hydrogen) atoms. The number of hydrogen-bond acceptors (Lipinski definition) is 1. The third-order valence-electron chi connectivity index (χ3n) is 3.57. The van der Waals surface area contributed by atoms with Crippen LogP contribution in [-0.4, -0.2) is 10.9 Å². The van der Waals surface area contributed by atoms with E-state index >= 15 is 0 Å². The third kappa shape index (κ3) is 2.52. The number of rotatable bonds is 2. The van der Waals surface area contributed by atoms with Gasteiger partial charge in [0, 0.05) is 11.1 Å². The lowest BCUT2D eigenvalue weighted by molar-refractivity contribution is 0.102. The van der Waals surface area contributed by atoms with Gasteiger partial charge in [-0.2, -0.15) is 0 Å². The fraction of sp³-hybridized carbons (Fsp3) is 0.118. The Morgan fingerprint density at radius 1 is 1.10 bits per heavy atom. The van der Waals surface area contributed by atoms with Crippen LogP contribution in [0.4, 0.5) is 5.69 Å². The first-order chi connectivity index (χ1) is 10.1. The molecule has 4 heteroatoms. The second-order valence-electron chi connectivity index (χ2n) is 5.11. The number of fused-ring (bicyclic) bond motifs is 1. The van der Waals surface area contributed by atoms with Crippen LogP contribution < -0.4 is 5.32 Å². The number of aromatic amines is 1. The summed E-state index contributed by atoms with van der Waals surface area (Å²) in [6, 6.07) is 13.3. The zero-order valence-corrected chi connectivity index (χ0v) is 12.6. The van der Waals surface area contributed by atoms with Gasteiger partial charge < -0.3 is 10.3 Å². The molecule has 0 saturated carbocycles. The normalized spacial score (nSPS) is 10.8. The van der Waals surface area contributed by atoms with Crippen LogP contribution in [0.25, 0.3) is 10.9 Å². The number of amides is 1. The monoisotopic (exact) mass is 298 g/mol. The van der Waals surface area contributed by atoms with Crippen LogP contribution in [0.3, 0.4) is 0 Å². The summed E-state index contributed by atoms with van der Waals surface area (Å²) in [5.74, 6) is -0.167. The molecule has 3 aromatic rings. The van der Waals surface area contributed by atoms with Gasteiger partial charge in [-0.1, -0.05) is 41.9 Å². The molecule has 0 aliphatic carbocycles. The standard InChI is InChI=1S/C17H15ClN2O/c1-10-5-3-6-11(2)15(10)20-17(21)14-9-12-7-4-8-13(18)16(12)19-14/h3-9,19H,1-2H3,(H,20,21). The van der Waals surface area contributed by atoms with Gasteiger partial charge in [0.05, 0.1) is 10.5 Å². The predicted molar refractivity (Wildman–Crippen MR) is 87.2 cm³/mol. The van der Waals surface area contributed by atoms with E-state index in [-0.39, 0.29) is 5.91 Å². The minimum atomic E-state index is -0.167. The molecular formula is C17H15ClN2O. The highest BCUT2D eigenvalue weighted by molar-refractivity contribution is 6.35. The van der Waals surface area contributed by atoms with Gasteiger partial charge in [-0.25, -0.2) is 0 Å². The van der Waals surface area contributed by atoms with Gasteiger partial charge in [-0.3, -0.25) is 4.79 Å². The minimum absolute atomic E-state index is 0.167. The first-order valence-corrected chi connectivity index (χ1v) is 7.09. The number of carbonyl (C=O) groups is 1. The van der Waals surface area contributed by atoms with Crippen molar-refractivity contribution < 1.29 is 4.79 Å². The van der Waals surface area contributed by atoms with Crippen LogP contribution in [0.2, 0.25) is 5.02 Å². The van der Waals surface area contributed by atoms with Crippen molar-refractivity contribution in [1.29, 1.82) is 0 Å². The number of para-hydroxylation sites is 2. The van der Waals surface area contributed by atoms with E-state index in [9.17, 15) is 4.79 Å². The van der Waals surface area contributed by atoms with Gasteiger partial charge in [-0.05, 0) is 37.1 Å². The largest absolute Gasteiger partial charge is 0.349 e. The van der Waals surface area contributed by atoms with Gasteiger partial charge in [0.2, 0.25) is 0 Å². The Morgan fingerprint density at radius 3 is 2.43 bits per heavy atom. The summed E-state index contributed by atoms with van der Waals surface area (Å²) in [6.07, 6.45) is 0. The highest BCUT2D eigenvalue weighted by atomic mass is 35.5. The Kier molecular flexibility index (Phi) is 3.43. The maximum atomic E-state index is 12.4. The van der Waals surface area contributed by atoms with Crippen LogP contribution in [0.5, 0.6) is 0 Å². The lowest BCUT2D eigenvalue weighted by atomic mass is 10.1. The minimum Gasteiger partial charge on any atom is -0.349 e. The SMILES string of the molecule is Cc1cccc(C)c1NC(=O)c1cc2cccc(Cl)c2[nH]1. The molecule has 0 aliphatic heterocycles. The van der Waals surface area contributed by atoms with E-state index in [1.165, 1.54) is 0 Å². The number of nitrogens with one attached hydrogen (secondary N) is 2. The van der Waals surface area contributed by atoms with Crippen LogP contribution in [0, 0.1) is 13.8 Å². The van der Waals surface area contributed by atoms with Crippen molar-refractivity contribution in [2.24, 2.45) is 0 Å². The molecule has 3 nitrogen and oxygen atoms in total. The van der Waals surface area contributed by atoms with Crippen LogP contribution in [0.15, 0.2) is 42.5 Å². The first-order valence-electron chi connectivity index (χ1n) is 6.71. The average molecular weight is 299 g/mol. The number of aromatic nitrogens is 1. The van der Waals surface area contributed by atoms with Crippen molar-refractivity contribution >= 4 is 34.1 Å². The molecule has 3 rings (SSSR count). The van der Waals surface area contributed by atoms with Gasteiger partial charge in [-0.15, -0.1) is 0 Å². The molecule has 2 aromatic carbocycles. The lowest BCUT2D eigenvalue weighted by Crippen LogP contribution is -2.14. The Labute approximate surface area is 127 Å². The van der Waals surface area contributed by atoms with E-state index in [0.29, 0.717) is 10.7 Å². The van der Waals surface area contributed by atoms with Crippen molar-refractivity contribution in [2.75, 3.05) is 5.32 Å². The number of H-pyrrole nitrogens is 1. The summed E-state index contributed by atoms with van der Waals surface area (Å²) in [7, 11) is 0. The molecule has 0 bridgehead atoms. The van der Waals surface area contributed by atoms with Gasteiger partial charge in [0.25, 0.3) is 5.91 Å². The third-order valence-corrected chi connectivity index (χ3v) is 3.88. The van der Waals surface area contributed by atoms with E-state index in [1.54, 1.807) is 6.07 Å².